The molecule has 12 rings (SSSR count). The highest BCUT2D eigenvalue weighted by molar-refractivity contribution is 7.80. The topological polar surface area (TPSA) is 15.9 Å². The average Bonchev–Trinajstić information content (AvgIpc) is 4.10. The molecule has 0 saturated heterocycles. The Morgan fingerprint density at radius 1 is 0.373 bits per heavy atom. The van der Waals surface area contributed by atoms with Crippen LogP contribution in [0.2, 0.25) is 0 Å². The first-order chi connectivity index (χ1) is 29.1. The van der Waals surface area contributed by atoms with E-state index in [1.807, 2.05) is 109 Å². The van der Waals surface area contributed by atoms with Crippen molar-refractivity contribution in [2.45, 2.75) is 15.7 Å². The second kappa shape index (κ2) is 12.7. The molecule has 6 aliphatic rings. The predicted octanol–water partition coefficient (Wildman–Crippen LogP) is 6.91. The Bertz CT molecular complexity index is 3540. The fourth-order valence-corrected chi connectivity index (χ4v) is 9.21. The summed E-state index contributed by atoms with van der Waals surface area (Å²) in [5.74, 6) is 27.6. The summed E-state index contributed by atoms with van der Waals surface area (Å²) >= 11 is 9.04. The van der Waals surface area contributed by atoms with Gasteiger partial charge in [0.1, 0.15) is 11.1 Å². The molecule has 1 unspecified atom stereocenters. The minimum atomic E-state index is -0.946. The van der Waals surface area contributed by atoms with E-state index in [9.17, 15) is 0 Å². The first-order valence-electron chi connectivity index (χ1n) is 19.2. The average molecular weight is 785 g/mol. The van der Waals surface area contributed by atoms with Crippen molar-refractivity contribution in [3.05, 3.63) is 219 Å². The summed E-state index contributed by atoms with van der Waals surface area (Å²) in [6.07, 6.45) is 8.83. The van der Waals surface area contributed by atoms with Gasteiger partial charge in [-0.3, -0.25) is 0 Å². The maximum absolute atomic E-state index is 4.52. The molecule has 6 aliphatic heterocycles. The molecule has 1 atom stereocenters. The van der Waals surface area contributed by atoms with Crippen LogP contribution in [-0.4, -0.2) is 29.7 Å². The normalized spacial score (nSPS) is 17.7. The minimum absolute atomic E-state index is 0.897. The van der Waals surface area contributed by atoms with Crippen LogP contribution in [0.3, 0.4) is 0 Å². The Labute approximate surface area is 352 Å². The van der Waals surface area contributed by atoms with E-state index < -0.39 is 5.91 Å². The number of rotatable bonds is 0. The van der Waals surface area contributed by atoms with E-state index in [0.29, 0.717) is 0 Å². The van der Waals surface area contributed by atoms with Crippen LogP contribution in [0.5, 0.6) is 0 Å². The Hall–Kier alpha value is -7.58. The van der Waals surface area contributed by atoms with Crippen LogP contribution in [0.15, 0.2) is 185 Å². The lowest BCUT2D eigenvalue weighted by Crippen LogP contribution is -2.71. The summed E-state index contributed by atoms with van der Waals surface area (Å²) in [6.45, 7) is 0. The summed E-state index contributed by atoms with van der Waals surface area (Å²) in [6, 6.07) is 45.1. The van der Waals surface area contributed by atoms with Gasteiger partial charge in [-0.25, -0.2) is 0 Å². The molecule has 0 aliphatic carbocycles. The van der Waals surface area contributed by atoms with E-state index in [4.69, 9.17) is 0 Å². The molecule has 4 nitrogen and oxygen atoms in total. The largest absolute Gasteiger partial charge is 0.554 e. The maximum Gasteiger partial charge on any atom is 0.554 e. The third kappa shape index (κ3) is 4.83. The molecule has 0 saturated carbocycles. The van der Waals surface area contributed by atoms with Crippen molar-refractivity contribution in [1.29, 1.82) is 0 Å². The Morgan fingerprint density at radius 3 is 1.36 bits per heavy atom. The van der Waals surface area contributed by atoms with Crippen molar-refractivity contribution in [3.63, 3.8) is 0 Å². The van der Waals surface area contributed by atoms with E-state index in [0.717, 1.165) is 99.2 Å². The first-order valence-corrected chi connectivity index (χ1v) is 20.1. The quantitative estimate of drug-likeness (QED) is 0.0948. The molecule has 1 spiro atoms. The molecule has 4 aromatic carbocycles. The minimum Gasteiger partial charge on any atom is -0.197 e. The molecule has 0 N–H and O–H groups in total. The van der Waals surface area contributed by atoms with Gasteiger partial charge in [0, 0.05) is 56.3 Å². The molecule has 0 fully saturated rings. The van der Waals surface area contributed by atoms with Crippen LogP contribution in [0, 0.1) is 47.4 Å². The highest BCUT2D eigenvalue weighted by Gasteiger charge is 2.73. The van der Waals surface area contributed by atoms with Gasteiger partial charge in [-0.05, 0) is 103 Å². The van der Waals surface area contributed by atoms with Crippen molar-refractivity contribution in [2.75, 3.05) is 0 Å². The third-order valence-electron chi connectivity index (χ3n) is 11.4. The zero-order chi connectivity index (χ0) is 39.2. The summed E-state index contributed by atoms with van der Waals surface area (Å²) in [5, 5.41) is 2.01. The van der Waals surface area contributed by atoms with Crippen LogP contribution in [0.4, 0.5) is 0 Å². The van der Waals surface area contributed by atoms with Crippen LogP contribution >= 0.6 is 25.3 Å². The standard InChI is InChI=1S/C53H26N4S2/c58-39-19-11-37(12-20-39)17-25-43-49-31-27-45-41(23-15-35-7-3-1-4-8-35)46-28-32-50-44(26-18-38-13-21-40(59)22-14-38)52-34-30-48-42(24-16-36-9-5-2-6-10-36)47-29-33-51(43)56(47)53(54(45)49,55(46)50)57(48)52/h1-14,19-22,27-34H/p+2. The van der Waals surface area contributed by atoms with Crippen molar-refractivity contribution < 1.29 is 9.15 Å². The SMILES string of the molecule is Sc1ccc(C#CC2=C3C=CC4=[N+]3C35n6c2ccc6C(C#Cc2ccccc2)=c2ccc(n23)=C(C#Cc2ccc(S)cc2)C2=[N+]5C(=C4C#Cc3ccccc3)C=C2)cc1. The number of hydrogen-bond donors (Lipinski definition) is 2. The van der Waals surface area contributed by atoms with Crippen molar-refractivity contribution in [3.8, 4) is 47.4 Å². The smallest absolute Gasteiger partial charge is 0.197 e. The molecular weight excluding hydrogens is 757 g/mol. The molecule has 2 aromatic heterocycles. The van der Waals surface area contributed by atoms with E-state index >= 15 is 0 Å². The van der Waals surface area contributed by atoms with Gasteiger partial charge in [-0.1, -0.05) is 87.0 Å². The summed E-state index contributed by atoms with van der Waals surface area (Å²) in [7, 11) is 0. The van der Waals surface area contributed by atoms with E-state index in [1.165, 1.54) is 0 Å². The van der Waals surface area contributed by atoms with E-state index in [-0.39, 0.29) is 0 Å². The maximum atomic E-state index is 4.52. The summed E-state index contributed by atoms with van der Waals surface area (Å²) in [4.78, 5) is 1.79. The second-order valence-corrected chi connectivity index (χ2v) is 15.7. The molecule has 8 heterocycles. The lowest BCUT2D eigenvalue weighted by molar-refractivity contribution is -0.837. The van der Waals surface area contributed by atoms with Gasteiger partial charge in [0.15, 0.2) is 5.57 Å². The fraction of sp³-hybridized carbons (Fsp3) is 0.0189. The van der Waals surface area contributed by atoms with E-state index in [1.54, 1.807) is 0 Å². The molecule has 6 aromatic rings. The number of hydrogen-bond acceptors (Lipinski definition) is 2. The van der Waals surface area contributed by atoms with Gasteiger partial charge in [0.2, 0.25) is 22.8 Å². The van der Waals surface area contributed by atoms with Crippen LogP contribution in [0.1, 0.15) is 33.6 Å². The highest BCUT2D eigenvalue weighted by Crippen LogP contribution is 2.49. The van der Waals surface area contributed by atoms with Crippen LogP contribution < -0.4 is 10.7 Å². The molecular formula is C53H28N4S2+2. The van der Waals surface area contributed by atoms with Gasteiger partial charge in [0.25, 0.3) is 0 Å². The number of aromatic nitrogens is 2. The molecule has 0 radical (unpaired) electrons. The molecule has 270 valence electrons. The van der Waals surface area contributed by atoms with Gasteiger partial charge < -0.3 is 0 Å². The van der Waals surface area contributed by atoms with Gasteiger partial charge >= 0.3 is 5.91 Å². The van der Waals surface area contributed by atoms with Gasteiger partial charge in [0.05, 0.1) is 27.7 Å². The molecule has 0 bridgehead atoms. The van der Waals surface area contributed by atoms with Crippen molar-refractivity contribution in [1.82, 2.24) is 9.13 Å². The highest BCUT2D eigenvalue weighted by atomic mass is 32.1. The Morgan fingerprint density at radius 2 is 0.797 bits per heavy atom. The number of allylic oxidation sites excluding steroid dienone is 6. The fourth-order valence-electron chi connectivity index (χ4n) is 8.91. The molecule has 59 heavy (non-hydrogen) atoms. The number of nitrogens with zero attached hydrogens (tertiary/aromatic N) is 4. The Balaban J connectivity index is 1.22. The predicted molar refractivity (Wildman–Crippen MR) is 238 cm³/mol. The lowest BCUT2D eigenvalue weighted by atomic mass is 9.99. The monoisotopic (exact) mass is 784 g/mol. The lowest BCUT2D eigenvalue weighted by Gasteiger charge is -2.39. The zero-order valence-corrected chi connectivity index (χ0v) is 33.0. The third-order valence-corrected chi connectivity index (χ3v) is 12.0. The van der Waals surface area contributed by atoms with Gasteiger partial charge in [-0.15, -0.1) is 25.3 Å². The van der Waals surface area contributed by atoms with Gasteiger partial charge in [-0.2, -0.15) is 9.13 Å². The van der Waals surface area contributed by atoms with Crippen molar-refractivity contribution >= 4 is 53.4 Å². The number of thiol groups is 2. The van der Waals surface area contributed by atoms with Crippen LogP contribution in [0.25, 0.3) is 16.7 Å². The molecule has 0 amide bonds. The number of benzene rings is 4. The second-order valence-electron chi connectivity index (χ2n) is 14.7. The summed E-state index contributed by atoms with van der Waals surface area (Å²) < 4.78 is 9.78. The van der Waals surface area contributed by atoms with Crippen LogP contribution in [-0.2, 0) is 5.91 Å². The first kappa shape index (κ1) is 33.5. The molecule has 6 heteroatoms. The zero-order valence-electron chi connectivity index (χ0n) is 31.2. The summed E-state index contributed by atoms with van der Waals surface area (Å²) in [5.41, 5.74) is 13.5. The van der Waals surface area contributed by atoms with Crippen molar-refractivity contribution in [2.24, 2.45) is 0 Å². The Kier molecular flexibility index (Phi) is 7.23. The van der Waals surface area contributed by atoms with E-state index in [2.05, 4.69) is 139 Å².